The zero-order valence-corrected chi connectivity index (χ0v) is 13.9. The first-order valence-corrected chi connectivity index (χ1v) is 8.74. The van der Waals surface area contributed by atoms with Crippen molar-refractivity contribution in [2.24, 2.45) is 0 Å². The zero-order valence-electron chi connectivity index (χ0n) is 13.1. The molecule has 4 unspecified atom stereocenters. The van der Waals surface area contributed by atoms with E-state index in [9.17, 15) is 13.5 Å². The topological polar surface area (TPSA) is 91.3 Å². The van der Waals surface area contributed by atoms with Crippen molar-refractivity contribution in [1.82, 2.24) is 0 Å². The molecule has 7 nitrogen and oxygen atoms in total. The highest BCUT2D eigenvalue weighted by Crippen LogP contribution is 2.37. The van der Waals surface area contributed by atoms with Gasteiger partial charge in [-0.3, -0.25) is 4.18 Å². The molecule has 3 rings (SSSR count). The third-order valence-electron chi connectivity index (χ3n) is 3.81. The van der Waals surface area contributed by atoms with E-state index in [1.165, 1.54) is 12.1 Å². The Balaban J connectivity index is 1.62. The molecule has 2 aliphatic heterocycles. The van der Waals surface area contributed by atoms with E-state index >= 15 is 0 Å². The van der Waals surface area contributed by atoms with Gasteiger partial charge in [-0.15, -0.1) is 0 Å². The van der Waals surface area contributed by atoms with Gasteiger partial charge in [-0.2, -0.15) is 8.42 Å². The molecule has 1 aromatic carbocycles. The fourth-order valence-corrected chi connectivity index (χ4v) is 3.54. The molecule has 128 valence electrons. The number of aryl methyl sites for hydroxylation is 1. The Bertz CT molecular complexity index is 668. The van der Waals surface area contributed by atoms with Gasteiger partial charge in [0.25, 0.3) is 10.1 Å². The largest absolute Gasteiger partial charge is 0.387 e. The van der Waals surface area contributed by atoms with E-state index in [1.807, 2.05) is 6.92 Å². The molecule has 1 aromatic rings. The standard InChI is InChI=1S/C15H20O7S/c1-9-4-6-10(7-5-9)23(17,18)19-8-11-12(16)13-14(20-11)22-15(2,3)21-13/h4-7,11-14,16H,8H2,1-3H3. The summed E-state index contributed by atoms with van der Waals surface area (Å²) in [7, 11) is -3.91. The van der Waals surface area contributed by atoms with Crippen LogP contribution in [-0.4, -0.2) is 50.5 Å². The lowest BCUT2D eigenvalue weighted by Gasteiger charge is -2.22. The van der Waals surface area contributed by atoms with Gasteiger partial charge in [0.1, 0.15) is 18.3 Å². The molecule has 0 saturated carbocycles. The molecule has 0 aliphatic carbocycles. The van der Waals surface area contributed by atoms with Crippen LogP contribution in [0.1, 0.15) is 19.4 Å². The van der Waals surface area contributed by atoms with Crippen molar-refractivity contribution in [3.63, 3.8) is 0 Å². The van der Waals surface area contributed by atoms with Crippen molar-refractivity contribution < 1.29 is 31.9 Å². The fourth-order valence-electron chi connectivity index (χ4n) is 2.63. The van der Waals surface area contributed by atoms with Gasteiger partial charge in [-0.25, -0.2) is 0 Å². The number of aliphatic hydroxyl groups is 1. The van der Waals surface area contributed by atoms with Crippen molar-refractivity contribution in [2.75, 3.05) is 6.61 Å². The summed E-state index contributed by atoms with van der Waals surface area (Å²) in [5.41, 5.74) is 0.947. The average molecular weight is 344 g/mol. The van der Waals surface area contributed by atoms with Crippen LogP contribution in [0.3, 0.4) is 0 Å². The van der Waals surface area contributed by atoms with E-state index in [2.05, 4.69) is 0 Å². The van der Waals surface area contributed by atoms with Crippen LogP contribution in [0.4, 0.5) is 0 Å². The van der Waals surface area contributed by atoms with Crippen LogP contribution >= 0.6 is 0 Å². The summed E-state index contributed by atoms with van der Waals surface area (Å²) in [6, 6.07) is 6.32. The minimum Gasteiger partial charge on any atom is -0.387 e. The van der Waals surface area contributed by atoms with E-state index < -0.39 is 40.5 Å². The van der Waals surface area contributed by atoms with E-state index in [1.54, 1.807) is 26.0 Å². The molecular formula is C15H20O7S. The van der Waals surface area contributed by atoms with Crippen molar-refractivity contribution in [2.45, 2.75) is 56.1 Å². The molecule has 2 aliphatic rings. The van der Waals surface area contributed by atoms with Crippen LogP contribution in [0.25, 0.3) is 0 Å². The van der Waals surface area contributed by atoms with Gasteiger partial charge in [-0.1, -0.05) is 17.7 Å². The smallest absolute Gasteiger partial charge is 0.297 e. The van der Waals surface area contributed by atoms with Crippen molar-refractivity contribution in [3.8, 4) is 0 Å². The number of hydrogen-bond acceptors (Lipinski definition) is 7. The minimum atomic E-state index is -3.91. The maximum Gasteiger partial charge on any atom is 0.297 e. The Labute approximate surface area is 135 Å². The number of aliphatic hydroxyl groups excluding tert-OH is 1. The predicted molar refractivity (Wildman–Crippen MR) is 79.0 cm³/mol. The van der Waals surface area contributed by atoms with Gasteiger partial charge in [0.05, 0.1) is 11.5 Å². The molecule has 0 bridgehead atoms. The van der Waals surface area contributed by atoms with Crippen LogP contribution in [-0.2, 0) is 28.5 Å². The van der Waals surface area contributed by atoms with Gasteiger partial charge < -0.3 is 19.3 Å². The summed E-state index contributed by atoms with van der Waals surface area (Å²) in [4.78, 5) is 0.0596. The number of benzene rings is 1. The highest BCUT2D eigenvalue weighted by Gasteiger charge is 2.54. The van der Waals surface area contributed by atoms with Crippen LogP contribution in [0.2, 0.25) is 0 Å². The quantitative estimate of drug-likeness (QED) is 0.813. The molecule has 2 heterocycles. The lowest BCUT2D eigenvalue weighted by Crippen LogP contribution is -2.37. The van der Waals surface area contributed by atoms with Crippen LogP contribution < -0.4 is 0 Å². The Morgan fingerprint density at radius 1 is 1.22 bits per heavy atom. The Morgan fingerprint density at radius 3 is 2.48 bits per heavy atom. The highest BCUT2D eigenvalue weighted by molar-refractivity contribution is 7.86. The summed E-state index contributed by atoms with van der Waals surface area (Å²) in [5.74, 6) is -0.837. The Morgan fingerprint density at radius 2 is 1.87 bits per heavy atom. The molecular weight excluding hydrogens is 324 g/mol. The molecule has 0 amide bonds. The first kappa shape index (κ1) is 16.8. The monoisotopic (exact) mass is 344 g/mol. The number of hydrogen-bond donors (Lipinski definition) is 1. The second kappa shape index (κ2) is 5.80. The Kier molecular flexibility index (Phi) is 4.24. The molecule has 0 radical (unpaired) electrons. The normalized spacial score (nSPS) is 32.9. The number of rotatable bonds is 4. The summed E-state index contributed by atoms with van der Waals surface area (Å²) in [5, 5.41) is 10.2. The Hall–Kier alpha value is -1.03. The van der Waals surface area contributed by atoms with Crippen LogP contribution in [0, 0.1) is 6.92 Å². The molecule has 0 aromatic heterocycles. The van der Waals surface area contributed by atoms with Gasteiger partial charge in [0, 0.05) is 0 Å². The number of fused-ring (bicyclic) bond motifs is 1. The van der Waals surface area contributed by atoms with Gasteiger partial charge in [0.15, 0.2) is 12.1 Å². The van der Waals surface area contributed by atoms with E-state index in [0.717, 1.165) is 5.56 Å². The summed E-state index contributed by atoms with van der Waals surface area (Å²) in [6.07, 6.45) is -3.23. The van der Waals surface area contributed by atoms with Gasteiger partial charge in [0.2, 0.25) is 0 Å². The highest BCUT2D eigenvalue weighted by atomic mass is 32.2. The first-order chi connectivity index (χ1) is 10.7. The lowest BCUT2D eigenvalue weighted by atomic mass is 10.1. The van der Waals surface area contributed by atoms with Gasteiger partial charge in [-0.05, 0) is 32.9 Å². The summed E-state index contributed by atoms with van der Waals surface area (Å²) >= 11 is 0. The third-order valence-corrected chi connectivity index (χ3v) is 5.11. The second-order valence-corrected chi connectivity index (χ2v) is 7.80. The number of ether oxygens (including phenoxy) is 3. The van der Waals surface area contributed by atoms with E-state index in [0.29, 0.717) is 0 Å². The molecule has 0 spiro atoms. The minimum absolute atomic E-state index is 0.0596. The molecule has 2 fully saturated rings. The van der Waals surface area contributed by atoms with E-state index in [4.69, 9.17) is 18.4 Å². The first-order valence-electron chi connectivity index (χ1n) is 7.33. The molecule has 8 heteroatoms. The molecule has 23 heavy (non-hydrogen) atoms. The third kappa shape index (κ3) is 3.42. The SMILES string of the molecule is Cc1ccc(S(=O)(=O)OCC2OC3OC(C)(C)OC3C2O)cc1. The molecule has 2 saturated heterocycles. The van der Waals surface area contributed by atoms with Crippen molar-refractivity contribution in [1.29, 1.82) is 0 Å². The predicted octanol–water partition coefficient (Wildman–Crippen LogP) is 0.938. The lowest BCUT2D eigenvalue weighted by molar-refractivity contribution is -0.217. The average Bonchev–Trinajstić information content (AvgIpc) is 2.91. The molecule has 4 atom stereocenters. The van der Waals surface area contributed by atoms with Crippen molar-refractivity contribution >= 4 is 10.1 Å². The maximum atomic E-state index is 12.1. The van der Waals surface area contributed by atoms with E-state index in [-0.39, 0.29) is 11.5 Å². The summed E-state index contributed by atoms with van der Waals surface area (Å²) < 4.78 is 45.8. The van der Waals surface area contributed by atoms with Crippen LogP contribution in [0.15, 0.2) is 29.2 Å². The van der Waals surface area contributed by atoms with Gasteiger partial charge >= 0.3 is 0 Å². The van der Waals surface area contributed by atoms with Crippen LogP contribution in [0.5, 0.6) is 0 Å². The fraction of sp³-hybridized carbons (Fsp3) is 0.600. The molecule has 1 N–H and O–H groups in total. The maximum absolute atomic E-state index is 12.1. The zero-order chi connectivity index (χ0) is 16.8. The summed E-state index contributed by atoms with van der Waals surface area (Å²) in [6.45, 7) is 4.99. The second-order valence-electron chi connectivity index (χ2n) is 6.19. The van der Waals surface area contributed by atoms with Crippen molar-refractivity contribution in [3.05, 3.63) is 29.8 Å².